The van der Waals surface area contributed by atoms with Gasteiger partial charge in [0.15, 0.2) is 0 Å². The number of amides is 1. The Bertz CT molecular complexity index is 234. The van der Waals surface area contributed by atoms with Crippen molar-refractivity contribution in [3.8, 4) is 0 Å². The maximum absolute atomic E-state index is 11.1. The summed E-state index contributed by atoms with van der Waals surface area (Å²) in [7, 11) is 0. The summed E-state index contributed by atoms with van der Waals surface area (Å²) in [5.74, 6) is -0.940. The molecule has 4 nitrogen and oxygen atoms in total. The third kappa shape index (κ3) is 7.97. The molecule has 0 aliphatic carbocycles. The van der Waals surface area contributed by atoms with E-state index < -0.39 is 18.3 Å². The summed E-state index contributed by atoms with van der Waals surface area (Å²) in [6.07, 6.45) is 0.554. The highest BCUT2D eigenvalue weighted by Gasteiger charge is 2.20. The first-order chi connectivity index (χ1) is 6.73. The average molecular weight is 215 g/mol. The van der Waals surface area contributed by atoms with Crippen molar-refractivity contribution in [3.63, 3.8) is 0 Å². The van der Waals surface area contributed by atoms with Gasteiger partial charge in [-0.15, -0.1) is 0 Å². The van der Waals surface area contributed by atoms with E-state index in [9.17, 15) is 9.59 Å². The number of hydrogen-bond acceptors (Lipinski definition) is 2. The number of carboxylic acid groups (broad SMARTS) is 1. The highest BCUT2D eigenvalue weighted by Crippen LogP contribution is 2.23. The molecular formula is C11H21NO3. The molecule has 15 heavy (non-hydrogen) atoms. The van der Waals surface area contributed by atoms with Crippen molar-refractivity contribution in [2.45, 2.75) is 40.5 Å². The number of carbonyl (C=O) groups excluding carboxylic acids is 1. The van der Waals surface area contributed by atoms with Gasteiger partial charge in [-0.2, -0.15) is 0 Å². The Kier molecular flexibility index (Phi) is 5.33. The first-order valence-electron chi connectivity index (χ1n) is 5.21. The molecule has 0 aromatic carbocycles. The summed E-state index contributed by atoms with van der Waals surface area (Å²) in [5, 5.41) is 11.0. The Balaban J connectivity index is 3.92. The van der Waals surface area contributed by atoms with E-state index in [4.69, 9.17) is 5.11 Å². The van der Waals surface area contributed by atoms with Gasteiger partial charge in [-0.3, -0.25) is 9.59 Å². The number of nitrogens with one attached hydrogen (secondary N) is 1. The van der Waals surface area contributed by atoms with Crippen molar-refractivity contribution in [1.82, 2.24) is 5.32 Å². The van der Waals surface area contributed by atoms with E-state index in [2.05, 4.69) is 33.0 Å². The fourth-order valence-electron chi connectivity index (χ4n) is 1.72. The minimum atomic E-state index is -1.09. The third-order valence-corrected chi connectivity index (χ3v) is 2.04. The summed E-state index contributed by atoms with van der Waals surface area (Å²) < 4.78 is 0. The second-order valence-electron chi connectivity index (χ2n) is 5.11. The SMILES string of the molecule is CC(C)CC(C)(C)CNC(=O)CC(=O)O. The van der Waals surface area contributed by atoms with Gasteiger partial charge in [0.05, 0.1) is 0 Å². The minimum Gasteiger partial charge on any atom is -0.481 e. The largest absolute Gasteiger partial charge is 0.481 e. The van der Waals surface area contributed by atoms with Crippen molar-refractivity contribution < 1.29 is 14.7 Å². The molecule has 0 heterocycles. The Morgan fingerprint density at radius 2 is 1.87 bits per heavy atom. The molecule has 0 rings (SSSR count). The molecule has 88 valence electrons. The van der Waals surface area contributed by atoms with E-state index >= 15 is 0 Å². The lowest BCUT2D eigenvalue weighted by molar-refractivity contribution is -0.140. The van der Waals surface area contributed by atoms with Crippen molar-refractivity contribution in [2.24, 2.45) is 11.3 Å². The zero-order chi connectivity index (χ0) is 12.1. The molecule has 1 amide bonds. The van der Waals surface area contributed by atoms with Crippen LogP contribution in [0.4, 0.5) is 0 Å². The molecule has 2 N–H and O–H groups in total. The second kappa shape index (κ2) is 5.73. The second-order valence-corrected chi connectivity index (χ2v) is 5.11. The summed E-state index contributed by atoms with van der Waals surface area (Å²) in [6, 6.07) is 0. The third-order valence-electron chi connectivity index (χ3n) is 2.04. The molecule has 4 heteroatoms. The molecule has 0 atom stereocenters. The molecule has 0 saturated heterocycles. The van der Waals surface area contributed by atoms with E-state index in [-0.39, 0.29) is 5.41 Å². The van der Waals surface area contributed by atoms with Crippen LogP contribution in [0.15, 0.2) is 0 Å². The summed E-state index contributed by atoms with van der Waals surface area (Å²) in [4.78, 5) is 21.3. The van der Waals surface area contributed by atoms with Crippen LogP contribution in [0.2, 0.25) is 0 Å². The lowest BCUT2D eigenvalue weighted by atomic mass is 9.84. The molecule has 0 saturated carbocycles. The van der Waals surface area contributed by atoms with Gasteiger partial charge < -0.3 is 10.4 Å². The Labute approximate surface area is 91.1 Å². The molecule has 0 aliphatic rings. The Hall–Kier alpha value is -1.06. The van der Waals surface area contributed by atoms with Crippen LogP contribution in [-0.2, 0) is 9.59 Å². The van der Waals surface area contributed by atoms with E-state index in [1.807, 2.05) is 0 Å². The maximum atomic E-state index is 11.1. The lowest BCUT2D eigenvalue weighted by Gasteiger charge is -2.26. The van der Waals surface area contributed by atoms with Crippen LogP contribution < -0.4 is 5.32 Å². The molecule has 0 aromatic rings. The van der Waals surface area contributed by atoms with Gasteiger partial charge in [-0.1, -0.05) is 27.7 Å². The average Bonchev–Trinajstić information content (AvgIpc) is 1.97. The molecule has 0 spiro atoms. The van der Waals surface area contributed by atoms with Gasteiger partial charge >= 0.3 is 5.97 Å². The van der Waals surface area contributed by atoms with Gasteiger partial charge in [0.1, 0.15) is 6.42 Å². The molecule has 0 radical (unpaired) electrons. The summed E-state index contributed by atoms with van der Waals surface area (Å²) in [6.45, 7) is 8.90. The van der Waals surface area contributed by atoms with Crippen LogP contribution in [0.25, 0.3) is 0 Å². The standard InChI is InChI=1S/C11H21NO3/c1-8(2)6-11(3,4)7-12-9(13)5-10(14)15/h8H,5-7H2,1-4H3,(H,12,13)(H,14,15). The van der Waals surface area contributed by atoms with Crippen LogP contribution in [0.1, 0.15) is 40.5 Å². The maximum Gasteiger partial charge on any atom is 0.312 e. The lowest BCUT2D eigenvalue weighted by Crippen LogP contribution is -2.35. The monoisotopic (exact) mass is 215 g/mol. The van der Waals surface area contributed by atoms with E-state index in [0.717, 1.165) is 6.42 Å². The topological polar surface area (TPSA) is 66.4 Å². The van der Waals surface area contributed by atoms with E-state index in [1.165, 1.54) is 0 Å². The first-order valence-corrected chi connectivity index (χ1v) is 5.21. The number of carbonyl (C=O) groups is 2. The Morgan fingerprint density at radius 1 is 1.33 bits per heavy atom. The van der Waals surface area contributed by atoms with Crippen LogP contribution >= 0.6 is 0 Å². The molecule has 0 bridgehead atoms. The van der Waals surface area contributed by atoms with Gasteiger partial charge in [-0.05, 0) is 17.8 Å². The quantitative estimate of drug-likeness (QED) is 0.662. The predicted molar refractivity (Wildman–Crippen MR) is 58.5 cm³/mol. The van der Waals surface area contributed by atoms with Gasteiger partial charge in [0, 0.05) is 6.54 Å². The van der Waals surface area contributed by atoms with Crippen LogP contribution in [0.5, 0.6) is 0 Å². The molecule has 0 aliphatic heterocycles. The fourth-order valence-corrected chi connectivity index (χ4v) is 1.72. The van der Waals surface area contributed by atoms with Gasteiger partial charge in [0.25, 0.3) is 0 Å². The van der Waals surface area contributed by atoms with Gasteiger partial charge in [-0.25, -0.2) is 0 Å². The molecule has 0 fully saturated rings. The number of aliphatic carboxylic acids is 1. The minimum absolute atomic E-state index is 0.0162. The van der Waals surface area contributed by atoms with Crippen molar-refractivity contribution in [1.29, 1.82) is 0 Å². The van der Waals surface area contributed by atoms with E-state index in [0.29, 0.717) is 12.5 Å². The highest BCUT2D eigenvalue weighted by molar-refractivity contribution is 5.93. The van der Waals surface area contributed by atoms with Crippen molar-refractivity contribution >= 4 is 11.9 Å². The number of hydrogen-bond donors (Lipinski definition) is 2. The Morgan fingerprint density at radius 3 is 2.27 bits per heavy atom. The first kappa shape index (κ1) is 13.9. The molecule has 0 aromatic heterocycles. The molecular weight excluding hydrogens is 194 g/mol. The summed E-state index contributed by atoms with van der Waals surface area (Å²) >= 11 is 0. The van der Waals surface area contributed by atoms with Crippen molar-refractivity contribution in [2.75, 3.05) is 6.54 Å². The number of rotatable bonds is 6. The summed E-state index contributed by atoms with van der Waals surface area (Å²) in [5.41, 5.74) is 0.0162. The fraction of sp³-hybridized carbons (Fsp3) is 0.818. The van der Waals surface area contributed by atoms with Crippen LogP contribution in [0, 0.1) is 11.3 Å². The molecule has 0 unspecified atom stereocenters. The predicted octanol–water partition coefficient (Wildman–Crippen LogP) is 1.65. The van der Waals surface area contributed by atoms with E-state index in [1.54, 1.807) is 0 Å². The van der Waals surface area contributed by atoms with Crippen LogP contribution in [-0.4, -0.2) is 23.5 Å². The van der Waals surface area contributed by atoms with Crippen LogP contribution in [0.3, 0.4) is 0 Å². The smallest absolute Gasteiger partial charge is 0.312 e. The van der Waals surface area contributed by atoms with Crippen molar-refractivity contribution in [3.05, 3.63) is 0 Å². The van der Waals surface area contributed by atoms with Gasteiger partial charge in [0.2, 0.25) is 5.91 Å². The number of carboxylic acids is 1. The zero-order valence-corrected chi connectivity index (χ0v) is 9.96. The zero-order valence-electron chi connectivity index (χ0n) is 9.96. The normalized spacial score (nSPS) is 11.5. The highest BCUT2D eigenvalue weighted by atomic mass is 16.4.